The van der Waals surface area contributed by atoms with Crippen molar-refractivity contribution in [2.45, 2.75) is 38.8 Å². The molecule has 1 aromatic carbocycles. The van der Waals surface area contributed by atoms with Gasteiger partial charge in [-0.15, -0.1) is 11.3 Å². The van der Waals surface area contributed by atoms with Crippen LogP contribution in [-0.4, -0.2) is 11.0 Å². The van der Waals surface area contributed by atoms with Gasteiger partial charge in [0, 0.05) is 30.6 Å². The molecule has 94 valence electrons. The van der Waals surface area contributed by atoms with E-state index in [9.17, 15) is 0 Å². The molecule has 0 amide bonds. The fourth-order valence-electron chi connectivity index (χ4n) is 2.08. The Morgan fingerprint density at radius 3 is 3.00 bits per heavy atom. The summed E-state index contributed by atoms with van der Waals surface area (Å²) >= 11 is 1.73. The Labute approximate surface area is 112 Å². The van der Waals surface area contributed by atoms with Crippen molar-refractivity contribution in [3.05, 3.63) is 51.5 Å². The minimum Gasteiger partial charge on any atom is -0.310 e. The van der Waals surface area contributed by atoms with Gasteiger partial charge in [-0.1, -0.05) is 18.2 Å². The molecule has 0 aliphatic heterocycles. The van der Waals surface area contributed by atoms with Crippen LogP contribution in [0.2, 0.25) is 0 Å². The number of thiazole rings is 1. The molecule has 0 atom stereocenters. The second kappa shape index (κ2) is 5.21. The molecule has 1 aliphatic rings. The third-order valence-corrected chi connectivity index (χ3v) is 4.19. The van der Waals surface area contributed by atoms with Gasteiger partial charge in [-0.05, 0) is 36.5 Å². The molecule has 2 nitrogen and oxygen atoms in total. The number of nitrogens with one attached hydrogen (secondary N) is 1. The van der Waals surface area contributed by atoms with Gasteiger partial charge in [-0.25, -0.2) is 4.98 Å². The number of hydrogen-bond acceptors (Lipinski definition) is 3. The van der Waals surface area contributed by atoms with Crippen molar-refractivity contribution in [1.82, 2.24) is 10.3 Å². The summed E-state index contributed by atoms with van der Waals surface area (Å²) in [6, 6.07) is 7.56. The summed E-state index contributed by atoms with van der Waals surface area (Å²) in [6.45, 7) is 3.18. The maximum Gasteiger partial charge on any atom is 0.0968 e. The summed E-state index contributed by atoms with van der Waals surface area (Å²) in [5.41, 5.74) is 4.15. The second-order valence-corrected chi connectivity index (χ2v) is 6.00. The van der Waals surface area contributed by atoms with Crippen LogP contribution >= 0.6 is 11.3 Å². The maximum atomic E-state index is 4.37. The van der Waals surface area contributed by atoms with E-state index in [1.54, 1.807) is 11.3 Å². The number of aryl methyl sites for hydroxylation is 1. The van der Waals surface area contributed by atoms with E-state index in [4.69, 9.17) is 0 Å². The van der Waals surface area contributed by atoms with Crippen LogP contribution in [0.5, 0.6) is 0 Å². The Bertz CT molecular complexity index is 515. The smallest absolute Gasteiger partial charge is 0.0968 e. The van der Waals surface area contributed by atoms with E-state index in [0.29, 0.717) is 0 Å². The van der Waals surface area contributed by atoms with Gasteiger partial charge in [0.1, 0.15) is 0 Å². The SMILES string of the molecule is Cc1ccc(CNC2CC2)cc1Cc1nccs1. The zero-order valence-corrected chi connectivity index (χ0v) is 11.5. The molecule has 1 N–H and O–H groups in total. The number of hydrogen-bond donors (Lipinski definition) is 1. The predicted molar refractivity (Wildman–Crippen MR) is 76.0 cm³/mol. The van der Waals surface area contributed by atoms with E-state index in [0.717, 1.165) is 19.0 Å². The van der Waals surface area contributed by atoms with Gasteiger partial charge >= 0.3 is 0 Å². The van der Waals surface area contributed by atoms with Crippen molar-refractivity contribution >= 4 is 11.3 Å². The number of rotatable bonds is 5. The zero-order chi connectivity index (χ0) is 12.4. The minimum atomic E-state index is 0.772. The van der Waals surface area contributed by atoms with Crippen LogP contribution in [0.4, 0.5) is 0 Å². The summed E-state index contributed by atoms with van der Waals surface area (Å²) in [6.07, 6.45) is 5.53. The van der Waals surface area contributed by atoms with E-state index >= 15 is 0 Å². The molecule has 1 heterocycles. The monoisotopic (exact) mass is 258 g/mol. The third kappa shape index (κ3) is 2.98. The van der Waals surface area contributed by atoms with Gasteiger partial charge in [-0.3, -0.25) is 0 Å². The molecule has 3 rings (SSSR count). The molecule has 1 aromatic heterocycles. The molecule has 0 radical (unpaired) electrons. The lowest BCUT2D eigenvalue weighted by atomic mass is 10.0. The Balaban J connectivity index is 1.72. The Kier molecular flexibility index (Phi) is 3.43. The lowest BCUT2D eigenvalue weighted by Crippen LogP contribution is -2.15. The van der Waals surface area contributed by atoms with Crippen molar-refractivity contribution in [2.24, 2.45) is 0 Å². The summed E-state index contributed by atoms with van der Waals surface area (Å²) in [5, 5.41) is 6.81. The molecule has 1 aliphatic carbocycles. The predicted octanol–water partition coefficient (Wildman–Crippen LogP) is 3.29. The standard InChI is InChI=1S/C15H18N2S/c1-11-2-3-12(10-17-14-4-5-14)8-13(11)9-15-16-6-7-18-15/h2-3,6-8,14,17H,4-5,9-10H2,1H3. The van der Waals surface area contributed by atoms with E-state index in [1.807, 2.05) is 11.6 Å². The molecule has 0 spiro atoms. The molecule has 1 fully saturated rings. The van der Waals surface area contributed by atoms with E-state index in [2.05, 4.69) is 35.4 Å². The summed E-state index contributed by atoms with van der Waals surface area (Å²) < 4.78 is 0. The first kappa shape index (κ1) is 11.9. The van der Waals surface area contributed by atoms with E-state index in [1.165, 1.54) is 34.5 Å². The molecule has 1 saturated carbocycles. The van der Waals surface area contributed by atoms with Gasteiger partial charge in [0.25, 0.3) is 0 Å². The topological polar surface area (TPSA) is 24.9 Å². The van der Waals surface area contributed by atoms with Gasteiger partial charge in [0.05, 0.1) is 5.01 Å². The lowest BCUT2D eigenvalue weighted by Gasteiger charge is -2.08. The third-order valence-electron chi connectivity index (χ3n) is 3.41. The highest BCUT2D eigenvalue weighted by Gasteiger charge is 2.19. The molecule has 0 saturated heterocycles. The zero-order valence-electron chi connectivity index (χ0n) is 10.6. The molecule has 18 heavy (non-hydrogen) atoms. The van der Waals surface area contributed by atoms with Crippen LogP contribution in [0.25, 0.3) is 0 Å². The van der Waals surface area contributed by atoms with Crippen molar-refractivity contribution in [2.75, 3.05) is 0 Å². The fourth-order valence-corrected chi connectivity index (χ4v) is 2.72. The van der Waals surface area contributed by atoms with Crippen LogP contribution in [0.1, 0.15) is 34.5 Å². The largest absolute Gasteiger partial charge is 0.310 e. The first-order valence-electron chi connectivity index (χ1n) is 6.51. The Morgan fingerprint density at radius 2 is 2.28 bits per heavy atom. The van der Waals surface area contributed by atoms with E-state index in [-0.39, 0.29) is 0 Å². The van der Waals surface area contributed by atoms with Crippen LogP contribution in [0.15, 0.2) is 29.8 Å². The minimum absolute atomic E-state index is 0.772. The molecule has 0 unspecified atom stereocenters. The Hall–Kier alpha value is -1.19. The maximum absolute atomic E-state index is 4.37. The number of benzene rings is 1. The highest BCUT2D eigenvalue weighted by Crippen LogP contribution is 2.21. The van der Waals surface area contributed by atoms with Gasteiger partial charge in [0.2, 0.25) is 0 Å². The van der Waals surface area contributed by atoms with Gasteiger partial charge < -0.3 is 5.32 Å². The fraction of sp³-hybridized carbons (Fsp3) is 0.400. The summed E-state index contributed by atoms with van der Waals surface area (Å²) in [5.74, 6) is 0. The number of aromatic nitrogens is 1. The quantitative estimate of drug-likeness (QED) is 0.890. The average Bonchev–Trinajstić information content (AvgIpc) is 3.07. The molecule has 2 aromatic rings. The normalized spacial score (nSPS) is 14.9. The Morgan fingerprint density at radius 1 is 1.39 bits per heavy atom. The van der Waals surface area contributed by atoms with Crippen LogP contribution < -0.4 is 5.32 Å². The highest BCUT2D eigenvalue weighted by atomic mass is 32.1. The lowest BCUT2D eigenvalue weighted by molar-refractivity contribution is 0.687. The molecule has 0 bridgehead atoms. The van der Waals surface area contributed by atoms with Crippen molar-refractivity contribution in [3.63, 3.8) is 0 Å². The van der Waals surface area contributed by atoms with Crippen LogP contribution in [0, 0.1) is 6.92 Å². The molecular weight excluding hydrogens is 240 g/mol. The first-order chi connectivity index (χ1) is 8.81. The average molecular weight is 258 g/mol. The number of nitrogens with zero attached hydrogens (tertiary/aromatic N) is 1. The van der Waals surface area contributed by atoms with Gasteiger partial charge in [0.15, 0.2) is 0 Å². The van der Waals surface area contributed by atoms with Crippen molar-refractivity contribution in [1.29, 1.82) is 0 Å². The summed E-state index contributed by atoms with van der Waals surface area (Å²) in [4.78, 5) is 4.37. The molecule has 3 heteroatoms. The first-order valence-corrected chi connectivity index (χ1v) is 7.39. The van der Waals surface area contributed by atoms with Crippen molar-refractivity contribution in [3.8, 4) is 0 Å². The van der Waals surface area contributed by atoms with Crippen molar-refractivity contribution < 1.29 is 0 Å². The summed E-state index contributed by atoms with van der Waals surface area (Å²) in [7, 11) is 0. The molecular formula is C15H18N2S. The van der Waals surface area contributed by atoms with Gasteiger partial charge in [-0.2, -0.15) is 0 Å². The van der Waals surface area contributed by atoms with Crippen LogP contribution in [-0.2, 0) is 13.0 Å². The highest BCUT2D eigenvalue weighted by molar-refractivity contribution is 7.09. The second-order valence-electron chi connectivity index (χ2n) is 5.02. The van der Waals surface area contributed by atoms with Crippen LogP contribution in [0.3, 0.4) is 0 Å². The van der Waals surface area contributed by atoms with E-state index < -0.39 is 0 Å².